The highest BCUT2D eigenvalue weighted by Gasteiger charge is 2.62. The van der Waals surface area contributed by atoms with Crippen LogP contribution in [0.4, 0.5) is 52.7 Å². The monoisotopic (exact) mass is 324 g/mol. The molecule has 0 amide bonds. The summed E-state index contributed by atoms with van der Waals surface area (Å²) in [5, 5.41) is 0. The summed E-state index contributed by atoms with van der Waals surface area (Å²) in [6.45, 7) is 0. The third-order valence-corrected chi connectivity index (χ3v) is 1.57. The number of allylic oxidation sites excluding steroid dienone is 5. The van der Waals surface area contributed by atoms with Crippen LogP contribution in [0, 0.1) is 0 Å². The quantitative estimate of drug-likeness (QED) is 0.471. The lowest BCUT2D eigenvalue weighted by atomic mass is 10.2. The summed E-state index contributed by atoms with van der Waals surface area (Å²) in [5.74, 6) is -25.0. The van der Waals surface area contributed by atoms with Crippen LogP contribution in [0.25, 0.3) is 0 Å². The minimum atomic E-state index is -6.72. The summed E-state index contributed by atoms with van der Waals surface area (Å²) < 4.78 is 144. The first-order valence-corrected chi connectivity index (χ1v) is 4.02. The van der Waals surface area contributed by atoms with Crippen molar-refractivity contribution in [1.82, 2.24) is 0 Å². The van der Waals surface area contributed by atoms with Crippen LogP contribution in [0.1, 0.15) is 0 Å². The first-order valence-electron chi connectivity index (χ1n) is 4.02. The summed E-state index contributed by atoms with van der Waals surface area (Å²) >= 11 is 0. The van der Waals surface area contributed by atoms with E-state index >= 15 is 0 Å². The molecule has 0 aromatic rings. The van der Waals surface area contributed by atoms with Gasteiger partial charge in [-0.05, 0) is 0 Å². The second-order valence-electron chi connectivity index (χ2n) is 2.90. The molecule has 0 bridgehead atoms. The SMILES string of the molecule is FC(F)=C(F)C(F)=C(F)C(F)=C(F)C(F)(F)C(F)(F)F. The van der Waals surface area contributed by atoms with Crippen molar-refractivity contribution in [3.63, 3.8) is 0 Å². The van der Waals surface area contributed by atoms with Crippen LogP contribution in [-0.2, 0) is 0 Å². The minimum Gasteiger partial charge on any atom is -0.201 e. The molecule has 0 aromatic heterocycles. The lowest BCUT2D eigenvalue weighted by Gasteiger charge is -2.17. The molecule has 116 valence electrons. The molecule has 0 heterocycles. The van der Waals surface area contributed by atoms with Gasteiger partial charge in [0.15, 0.2) is 5.83 Å². The fourth-order valence-corrected chi connectivity index (χ4v) is 0.634. The van der Waals surface area contributed by atoms with E-state index in [0.717, 1.165) is 0 Å². The van der Waals surface area contributed by atoms with Crippen molar-refractivity contribution in [2.24, 2.45) is 0 Å². The summed E-state index contributed by atoms with van der Waals surface area (Å²) in [7, 11) is 0. The molecule has 0 nitrogen and oxygen atoms in total. The van der Waals surface area contributed by atoms with E-state index in [-0.39, 0.29) is 0 Å². The van der Waals surface area contributed by atoms with E-state index in [2.05, 4.69) is 0 Å². The molecular formula is C8F12. The molecule has 0 aliphatic carbocycles. The van der Waals surface area contributed by atoms with Gasteiger partial charge in [-0.25, -0.2) is 17.6 Å². The molecule has 0 rings (SSSR count). The van der Waals surface area contributed by atoms with Crippen molar-refractivity contribution in [2.45, 2.75) is 12.1 Å². The smallest absolute Gasteiger partial charge is 0.201 e. The van der Waals surface area contributed by atoms with Crippen molar-refractivity contribution in [1.29, 1.82) is 0 Å². The van der Waals surface area contributed by atoms with Gasteiger partial charge in [-0.2, -0.15) is 35.1 Å². The maximum atomic E-state index is 12.5. The Morgan fingerprint density at radius 3 is 1.15 bits per heavy atom. The standard InChI is InChI=1S/C8F12/c9-1(2(10)4(12)6(14)15)3(11)5(13)7(16,17)8(18,19)20. The topological polar surface area (TPSA) is 0 Å². The zero-order valence-corrected chi connectivity index (χ0v) is 8.54. The van der Waals surface area contributed by atoms with Gasteiger partial charge in [-0.3, -0.25) is 0 Å². The average Bonchev–Trinajstić information content (AvgIpc) is 2.32. The lowest BCUT2D eigenvalue weighted by Crippen LogP contribution is -2.37. The largest absolute Gasteiger partial charge is 0.460 e. The van der Waals surface area contributed by atoms with Crippen LogP contribution in [0.15, 0.2) is 35.2 Å². The Balaban J connectivity index is 6.00. The van der Waals surface area contributed by atoms with Gasteiger partial charge in [-0.15, -0.1) is 0 Å². The maximum Gasteiger partial charge on any atom is 0.460 e. The molecule has 0 unspecified atom stereocenters. The minimum absolute atomic E-state index is 3.39. The van der Waals surface area contributed by atoms with Gasteiger partial charge in [0.25, 0.3) is 0 Å². The zero-order chi connectivity index (χ0) is 16.5. The summed E-state index contributed by atoms with van der Waals surface area (Å²) in [6, 6.07) is 0. The van der Waals surface area contributed by atoms with Crippen LogP contribution in [0.2, 0.25) is 0 Å². The van der Waals surface area contributed by atoms with E-state index in [1.165, 1.54) is 0 Å². The van der Waals surface area contributed by atoms with Gasteiger partial charge >= 0.3 is 18.2 Å². The summed E-state index contributed by atoms with van der Waals surface area (Å²) in [6.07, 6.45) is -10.3. The van der Waals surface area contributed by atoms with E-state index in [1.54, 1.807) is 0 Å². The molecule has 0 aliphatic rings. The van der Waals surface area contributed by atoms with Crippen LogP contribution in [0.5, 0.6) is 0 Å². The Morgan fingerprint density at radius 1 is 0.500 bits per heavy atom. The first-order chi connectivity index (χ1) is 8.75. The molecule has 20 heavy (non-hydrogen) atoms. The number of hydrogen-bond acceptors (Lipinski definition) is 0. The predicted molar refractivity (Wildman–Crippen MR) is 39.8 cm³/mol. The fourth-order valence-electron chi connectivity index (χ4n) is 0.634. The van der Waals surface area contributed by atoms with Gasteiger partial charge < -0.3 is 0 Å². The van der Waals surface area contributed by atoms with E-state index in [9.17, 15) is 52.7 Å². The molecular weight excluding hydrogens is 324 g/mol. The summed E-state index contributed by atoms with van der Waals surface area (Å²) in [4.78, 5) is 0. The van der Waals surface area contributed by atoms with Gasteiger partial charge in [0.05, 0.1) is 0 Å². The normalized spacial score (nSPS) is 15.6. The van der Waals surface area contributed by atoms with E-state index in [4.69, 9.17) is 0 Å². The number of hydrogen-bond donors (Lipinski definition) is 0. The Kier molecular flexibility index (Phi) is 5.32. The molecule has 12 heteroatoms. The Bertz CT molecular complexity index is 472. The van der Waals surface area contributed by atoms with Crippen molar-refractivity contribution < 1.29 is 52.7 Å². The first kappa shape index (κ1) is 18.4. The molecule has 0 saturated heterocycles. The van der Waals surface area contributed by atoms with Crippen molar-refractivity contribution in [3.8, 4) is 0 Å². The van der Waals surface area contributed by atoms with Gasteiger partial charge in [0.2, 0.25) is 23.3 Å². The van der Waals surface area contributed by atoms with E-state index in [1.807, 2.05) is 0 Å². The second-order valence-corrected chi connectivity index (χ2v) is 2.90. The van der Waals surface area contributed by atoms with Crippen LogP contribution in [-0.4, -0.2) is 12.1 Å². The predicted octanol–water partition coefficient (Wildman–Crippen LogP) is 5.56. The van der Waals surface area contributed by atoms with Gasteiger partial charge in [0.1, 0.15) is 0 Å². The Hall–Kier alpha value is -1.62. The molecule has 0 aromatic carbocycles. The highest BCUT2D eigenvalue weighted by Crippen LogP contribution is 2.44. The van der Waals surface area contributed by atoms with Crippen LogP contribution < -0.4 is 0 Å². The van der Waals surface area contributed by atoms with E-state index < -0.39 is 47.3 Å². The third kappa shape index (κ3) is 3.48. The molecule has 0 atom stereocenters. The van der Waals surface area contributed by atoms with Crippen molar-refractivity contribution in [2.75, 3.05) is 0 Å². The maximum absolute atomic E-state index is 12.5. The van der Waals surface area contributed by atoms with Gasteiger partial charge in [0, 0.05) is 0 Å². The molecule has 0 spiro atoms. The molecule has 0 fully saturated rings. The van der Waals surface area contributed by atoms with E-state index in [0.29, 0.717) is 0 Å². The molecule has 0 N–H and O–H groups in total. The highest BCUT2D eigenvalue weighted by atomic mass is 19.4. The average molecular weight is 324 g/mol. The third-order valence-electron chi connectivity index (χ3n) is 1.57. The van der Waals surface area contributed by atoms with Crippen LogP contribution >= 0.6 is 0 Å². The summed E-state index contributed by atoms with van der Waals surface area (Å²) in [5.41, 5.74) is 0. The van der Waals surface area contributed by atoms with Crippen molar-refractivity contribution in [3.05, 3.63) is 35.2 Å². The van der Waals surface area contributed by atoms with Crippen LogP contribution in [0.3, 0.4) is 0 Å². The molecule has 0 radical (unpaired) electrons. The zero-order valence-electron chi connectivity index (χ0n) is 8.54. The fraction of sp³-hybridized carbons (Fsp3) is 0.250. The number of halogens is 12. The van der Waals surface area contributed by atoms with Gasteiger partial charge in [-0.1, -0.05) is 0 Å². The Morgan fingerprint density at radius 2 is 0.850 bits per heavy atom. The highest BCUT2D eigenvalue weighted by molar-refractivity contribution is 5.34. The second kappa shape index (κ2) is 5.79. The lowest BCUT2D eigenvalue weighted by molar-refractivity contribution is -0.271. The van der Waals surface area contributed by atoms with Crippen molar-refractivity contribution >= 4 is 0 Å². The Labute approximate surface area is 101 Å². The molecule has 0 aliphatic heterocycles. The molecule has 0 saturated carbocycles. The number of alkyl halides is 5. The number of rotatable bonds is 3.